The molecule has 3 heterocycles. The highest BCUT2D eigenvalue weighted by atomic mass is 16.5. The summed E-state index contributed by atoms with van der Waals surface area (Å²) < 4.78 is 12.7. The van der Waals surface area contributed by atoms with E-state index in [-0.39, 0.29) is 0 Å². The van der Waals surface area contributed by atoms with Crippen molar-refractivity contribution in [2.45, 2.75) is 19.3 Å². The summed E-state index contributed by atoms with van der Waals surface area (Å²) in [5.74, 6) is 1.94. The molecule has 7 heteroatoms. The van der Waals surface area contributed by atoms with Gasteiger partial charge in [0.15, 0.2) is 0 Å². The average molecular weight is 403 g/mol. The number of aliphatic imine (C=N–C) groups is 1. The van der Waals surface area contributed by atoms with Crippen LogP contribution in [0.5, 0.6) is 5.75 Å². The van der Waals surface area contributed by atoms with Gasteiger partial charge in [0.2, 0.25) is 0 Å². The third kappa shape index (κ3) is 3.68. The number of nitrogens with zero attached hydrogens (tertiary/aromatic N) is 5. The van der Waals surface area contributed by atoms with Crippen molar-refractivity contribution in [1.29, 1.82) is 0 Å². The molecule has 0 bridgehead atoms. The zero-order valence-electron chi connectivity index (χ0n) is 17.1. The van der Waals surface area contributed by atoms with Gasteiger partial charge in [0, 0.05) is 37.7 Å². The number of amidine groups is 1. The Bertz CT molecular complexity index is 1070. The van der Waals surface area contributed by atoms with Crippen LogP contribution >= 0.6 is 0 Å². The summed E-state index contributed by atoms with van der Waals surface area (Å²) in [4.78, 5) is 7.46. The number of methoxy groups -OCH3 is 1. The fourth-order valence-corrected chi connectivity index (χ4v) is 4.06. The molecule has 0 atom stereocenters. The summed E-state index contributed by atoms with van der Waals surface area (Å²) in [6.07, 6.45) is 4.95. The van der Waals surface area contributed by atoms with Gasteiger partial charge in [0.05, 0.1) is 31.3 Å². The fraction of sp³-hybridized carbons (Fsp3) is 0.348. The number of benzene rings is 2. The number of aromatic nitrogens is 3. The normalized spacial score (nSPS) is 16.6. The van der Waals surface area contributed by atoms with Crippen LogP contribution in [-0.2, 0) is 11.2 Å². The molecular weight excluding hydrogens is 378 g/mol. The standard InChI is InChI=1S/C23H25N5O2/c1-29-19-7-3-6-18(15-19)28-16-21(25-26-28)20-8-2-5-17-9-10-22(24-23(17)20)27-11-4-13-30-14-12-27/h2-3,5-8,15-16H,4,9-14H2,1H3. The van der Waals surface area contributed by atoms with Crippen molar-refractivity contribution < 1.29 is 9.47 Å². The van der Waals surface area contributed by atoms with Gasteiger partial charge in [-0.05, 0) is 30.5 Å². The first-order valence-corrected chi connectivity index (χ1v) is 10.4. The van der Waals surface area contributed by atoms with E-state index in [0.717, 1.165) is 79.8 Å². The molecule has 0 aliphatic carbocycles. The highest BCUT2D eigenvalue weighted by Gasteiger charge is 2.22. The lowest BCUT2D eigenvalue weighted by molar-refractivity contribution is 0.147. The van der Waals surface area contributed by atoms with Crippen LogP contribution in [0, 0.1) is 0 Å². The Hall–Kier alpha value is -3.19. The number of para-hydroxylation sites is 1. The molecule has 1 fully saturated rings. The van der Waals surface area contributed by atoms with Crippen LogP contribution in [-0.4, -0.2) is 59.1 Å². The number of hydrogen-bond acceptors (Lipinski definition) is 6. The highest BCUT2D eigenvalue weighted by Crippen LogP contribution is 2.36. The minimum absolute atomic E-state index is 0.766. The predicted octanol–water partition coefficient (Wildman–Crippen LogP) is 3.64. The molecule has 0 saturated carbocycles. The number of hydrogen-bond donors (Lipinski definition) is 0. The second kappa shape index (κ2) is 8.28. The fourth-order valence-electron chi connectivity index (χ4n) is 4.06. The number of ether oxygens (including phenoxy) is 2. The first-order chi connectivity index (χ1) is 14.8. The van der Waals surface area contributed by atoms with Gasteiger partial charge in [0.25, 0.3) is 0 Å². The molecule has 0 radical (unpaired) electrons. The average Bonchev–Trinajstić information content (AvgIpc) is 3.13. The van der Waals surface area contributed by atoms with Crippen molar-refractivity contribution in [3.05, 3.63) is 54.2 Å². The first-order valence-electron chi connectivity index (χ1n) is 10.4. The van der Waals surface area contributed by atoms with Crippen LogP contribution in [0.2, 0.25) is 0 Å². The zero-order chi connectivity index (χ0) is 20.3. The minimum Gasteiger partial charge on any atom is -0.497 e. The SMILES string of the molecule is COc1cccc(-n2cc(-c3cccc4c3N=C(N3CCCOCC3)CC4)nn2)c1. The summed E-state index contributed by atoms with van der Waals surface area (Å²) in [5.41, 5.74) is 5.02. The van der Waals surface area contributed by atoms with E-state index in [9.17, 15) is 0 Å². The molecule has 0 spiro atoms. The zero-order valence-corrected chi connectivity index (χ0v) is 17.1. The van der Waals surface area contributed by atoms with Gasteiger partial charge in [-0.25, -0.2) is 9.67 Å². The van der Waals surface area contributed by atoms with E-state index in [1.807, 2.05) is 30.5 Å². The van der Waals surface area contributed by atoms with E-state index in [0.29, 0.717) is 0 Å². The Labute approximate surface area is 175 Å². The van der Waals surface area contributed by atoms with Crippen LogP contribution in [0.15, 0.2) is 53.7 Å². The topological polar surface area (TPSA) is 64.8 Å². The Kier molecular flexibility index (Phi) is 5.19. The van der Waals surface area contributed by atoms with Crippen molar-refractivity contribution in [3.8, 4) is 22.7 Å². The second-order valence-electron chi connectivity index (χ2n) is 7.54. The molecule has 1 saturated heterocycles. The van der Waals surface area contributed by atoms with Crippen LogP contribution < -0.4 is 4.74 Å². The monoisotopic (exact) mass is 403 g/mol. The van der Waals surface area contributed by atoms with E-state index < -0.39 is 0 Å². The highest BCUT2D eigenvalue weighted by molar-refractivity contribution is 5.91. The second-order valence-corrected chi connectivity index (χ2v) is 7.54. The molecule has 154 valence electrons. The minimum atomic E-state index is 0.766. The lowest BCUT2D eigenvalue weighted by Crippen LogP contribution is -2.34. The third-order valence-corrected chi connectivity index (χ3v) is 5.65. The maximum absolute atomic E-state index is 5.61. The molecule has 3 aromatic rings. The molecule has 1 aromatic heterocycles. The number of aryl methyl sites for hydroxylation is 1. The van der Waals surface area contributed by atoms with Crippen molar-refractivity contribution in [1.82, 2.24) is 19.9 Å². The Morgan fingerprint density at radius 3 is 2.90 bits per heavy atom. The summed E-state index contributed by atoms with van der Waals surface area (Å²) in [5, 5.41) is 8.79. The van der Waals surface area contributed by atoms with Gasteiger partial charge in [-0.3, -0.25) is 0 Å². The van der Waals surface area contributed by atoms with E-state index in [1.54, 1.807) is 11.8 Å². The molecule has 0 unspecified atom stereocenters. The molecule has 0 amide bonds. The molecule has 0 N–H and O–H groups in total. The molecule has 2 aliphatic rings. The maximum atomic E-state index is 5.61. The van der Waals surface area contributed by atoms with Gasteiger partial charge in [-0.15, -0.1) is 5.10 Å². The quantitative estimate of drug-likeness (QED) is 0.668. The van der Waals surface area contributed by atoms with Gasteiger partial charge in [-0.2, -0.15) is 0 Å². The van der Waals surface area contributed by atoms with Crippen molar-refractivity contribution in [2.75, 3.05) is 33.4 Å². The largest absolute Gasteiger partial charge is 0.497 e. The van der Waals surface area contributed by atoms with Crippen molar-refractivity contribution in [2.24, 2.45) is 4.99 Å². The third-order valence-electron chi connectivity index (χ3n) is 5.65. The van der Waals surface area contributed by atoms with Crippen LogP contribution in [0.25, 0.3) is 16.9 Å². The van der Waals surface area contributed by atoms with Crippen LogP contribution in [0.4, 0.5) is 5.69 Å². The van der Waals surface area contributed by atoms with Gasteiger partial charge in [-0.1, -0.05) is 29.5 Å². The predicted molar refractivity (Wildman–Crippen MR) is 116 cm³/mol. The molecule has 2 aromatic carbocycles. The van der Waals surface area contributed by atoms with Crippen LogP contribution in [0.3, 0.4) is 0 Å². The lowest BCUT2D eigenvalue weighted by Gasteiger charge is -2.27. The lowest BCUT2D eigenvalue weighted by atomic mass is 9.98. The van der Waals surface area contributed by atoms with E-state index in [2.05, 4.69) is 33.4 Å². The van der Waals surface area contributed by atoms with Gasteiger partial charge >= 0.3 is 0 Å². The van der Waals surface area contributed by atoms with Crippen LogP contribution in [0.1, 0.15) is 18.4 Å². The van der Waals surface area contributed by atoms with Gasteiger partial charge < -0.3 is 14.4 Å². The summed E-state index contributed by atoms with van der Waals surface area (Å²) in [6.45, 7) is 3.51. The Morgan fingerprint density at radius 1 is 1.03 bits per heavy atom. The van der Waals surface area contributed by atoms with E-state index in [4.69, 9.17) is 14.5 Å². The first kappa shape index (κ1) is 18.8. The summed E-state index contributed by atoms with van der Waals surface area (Å²) in [7, 11) is 1.66. The molecule has 7 nitrogen and oxygen atoms in total. The van der Waals surface area contributed by atoms with Crippen molar-refractivity contribution in [3.63, 3.8) is 0 Å². The summed E-state index contributed by atoms with van der Waals surface area (Å²) in [6, 6.07) is 14.1. The van der Waals surface area contributed by atoms with Gasteiger partial charge in [0.1, 0.15) is 17.3 Å². The smallest absolute Gasteiger partial charge is 0.121 e. The number of fused-ring (bicyclic) bond motifs is 1. The summed E-state index contributed by atoms with van der Waals surface area (Å²) >= 11 is 0. The maximum Gasteiger partial charge on any atom is 0.121 e. The number of rotatable bonds is 3. The Morgan fingerprint density at radius 2 is 1.97 bits per heavy atom. The van der Waals surface area contributed by atoms with E-state index >= 15 is 0 Å². The molecule has 2 aliphatic heterocycles. The molecular formula is C23H25N5O2. The van der Waals surface area contributed by atoms with Crippen molar-refractivity contribution >= 4 is 11.5 Å². The molecule has 5 rings (SSSR count). The molecule has 30 heavy (non-hydrogen) atoms. The Balaban J connectivity index is 1.49. The van der Waals surface area contributed by atoms with E-state index in [1.165, 1.54) is 5.56 Å².